The smallest absolute Gasteiger partial charge is 0.327 e. The summed E-state index contributed by atoms with van der Waals surface area (Å²) in [5.74, 6) is 0.887. The van der Waals surface area contributed by atoms with E-state index in [-0.39, 0.29) is 12.0 Å². The molecule has 124 valence electrons. The van der Waals surface area contributed by atoms with E-state index >= 15 is 0 Å². The van der Waals surface area contributed by atoms with Crippen molar-refractivity contribution < 1.29 is 9.53 Å². The van der Waals surface area contributed by atoms with Gasteiger partial charge in [0.15, 0.2) is 0 Å². The fourth-order valence-corrected chi connectivity index (χ4v) is 2.98. The van der Waals surface area contributed by atoms with Crippen LogP contribution in [0.2, 0.25) is 0 Å². The van der Waals surface area contributed by atoms with E-state index in [1.807, 2.05) is 6.92 Å². The van der Waals surface area contributed by atoms with Crippen molar-refractivity contribution in [3.05, 3.63) is 0 Å². The molecule has 1 saturated carbocycles. The molecule has 1 rings (SSSR count). The molecule has 0 aromatic rings. The SMILES string of the molecule is CCOC(=O)C(CN(C)C(C)C(C)C)(NC(C)C)C1CC1. The van der Waals surface area contributed by atoms with Gasteiger partial charge < -0.3 is 9.64 Å². The van der Waals surface area contributed by atoms with E-state index in [0.29, 0.717) is 31.0 Å². The van der Waals surface area contributed by atoms with E-state index in [1.54, 1.807) is 0 Å². The maximum atomic E-state index is 12.7. The van der Waals surface area contributed by atoms with Gasteiger partial charge in [-0.3, -0.25) is 5.32 Å². The molecule has 0 aromatic heterocycles. The Balaban J connectivity index is 2.96. The Bertz CT molecular complexity index is 340. The minimum Gasteiger partial charge on any atom is -0.465 e. The molecule has 0 heterocycles. The Morgan fingerprint density at radius 3 is 2.24 bits per heavy atom. The number of rotatable bonds is 9. The average Bonchev–Trinajstić information content (AvgIpc) is 3.20. The van der Waals surface area contributed by atoms with Crippen LogP contribution in [0.1, 0.15) is 54.4 Å². The van der Waals surface area contributed by atoms with Crippen LogP contribution in [0.25, 0.3) is 0 Å². The molecule has 0 radical (unpaired) electrons. The number of nitrogens with zero attached hydrogens (tertiary/aromatic N) is 1. The molecule has 0 aliphatic heterocycles. The lowest BCUT2D eigenvalue weighted by Crippen LogP contribution is -2.63. The summed E-state index contributed by atoms with van der Waals surface area (Å²) in [6, 6.07) is 0.698. The third kappa shape index (κ3) is 4.68. The summed E-state index contributed by atoms with van der Waals surface area (Å²) >= 11 is 0. The zero-order valence-electron chi connectivity index (χ0n) is 14.9. The maximum absolute atomic E-state index is 12.7. The van der Waals surface area contributed by atoms with Crippen LogP contribution in [0, 0.1) is 11.8 Å². The third-order valence-electron chi connectivity index (χ3n) is 4.62. The summed E-state index contributed by atoms with van der Waals surface area (Å²) < 4.78 is 5.42. The summed E-state index contributed by atoms with van der Waals surface area (Å²) in [5.41, 5.74) is -0.553. The Kier molecular flexibility index (Phi) is 6.67. The quantitative estimate of drug-likeness (QED) is 0.665. The van der Waals surface area contributed by atoms with E-state index in [1.165, 1.54) is 0 Å². The number of likely N-dealkylation sites (N-methyl/N-ethyl adjacent to an activating group) is 1. The molecule has 1 aliphatic carbocycles. The molecule has 4 heteroatoms. The Hall–Kier alpha value is -0.610. The number of carbonyl (C=O) groups excluding carboxylic acids is 1. The van der Waals surface area contributed by atoms with Gasteiger partial charge in [-0.25, -0.2) is 4.79 Å². The summed E-state index contributed by atoms with van der Waals surface area (Å²) in [6.07, 6.45) is 2.23. The lowest BCUT2D eigenvalue weighted by molar-refractivity contribution is -0.154. The van der Waals surface area contributed by atoms with Crippen molar-refractivity contribution in [1.29, 1.82) is 0 Å². The van der Waals surface area contributed by atoms with Crippen LogP contribution >= 0.6 is 0 Å². The molecule has 1 N–H and O–H groups in total. The zero-order chi connectivity index (χ0) is 16.2. The lowest BCUT2D eigenvalue weighted by atomic mass is 9.90. The topological polar surface area (TPSA) is 41.6 Å². The first-order valence-corrected chi connectivity index (χ1v) is 8.39. The molecular weight excluding hydrogens is 264 g/mol. The molecule has 0 aromatic carbocycles. The molecule has 0 bridgehead atoms. The molecule has 2 unspecified atom stereocenters. The van der Waals surface area contributed by atoms with Gasteiger partial charge in [0, 0.05) is 18.6 Å². The van der Waals surface area contributed by atoms with E-state index in [9.17, 15) is 4.79 Å². The van der Waals surface area contributed by atoms with Crippen molar-refractivity contribution in [2.24, 2.45) is 11.8 Å². The first kappa shape index (κ1) is 18.4. The van der Waals surface area contributed by atoms with Gasteiger partial charge in [0.05, 0.1) is 6.61 Å². The fourth-order valence-electron chi connectivity index (χ4n) is 2.98. The van der Waals surface area contributed by atoms with Crippen molar-refractivity contribution in [2.75, 3.05) is 20.2 Å². The number of esters is 1. The first-order chi connectivity index (χ1) is 9.74. The highest BCUT2D eigenvalue weighted by Crippen LogP contribution is 2.41. The summed E-state index contributed by atoms with van der Waals surface area (Å²) in [7, 11) is 2.11. The van der Waals surface area contributed by atoms with Gasteiger partial charge >= 0.3 is 5.97 Å². The van der Waals surface area contributed by atoms with Gasteiger partial charge in [-0.2, -0.15) is 0 Å². The Labute approximate surface area is 130 Å². The minimum atomic E-state index is -0.553. The summed E-state index contributed by atoms with van der Waals surface area (Å²) in [5, 5.41) is 3.55. The highest BCUT2D eigenvalue weighted by atomic mass is 16.5. The number of hydrogen-bond acceptors (Lipinski definition) is 4. The summed E-state index contributed by atoms with van der Waals surface area (Å²) in [4.78, 5) is 15.0. The van der Waals surface area contributed by atoms with Crippen LogP contribution in [-0.2, 0) is 9.53 Å². The van der Waals surface area contributed by atoms with Gasteiger partial charge in [-0.15, -0.1) is 0 Å². The number of ether oxygens (including phenoxy) is 1. The lowest BCUT2D eigenvalue weighted by Gasteiger charge is -2.40. The van der Waals surface area contributed by atoms with E-state index in [4.69, 9.17) is 4.74 Å². The molecule has 0 spiro atoms. The summed E-state index contributed by atoms with van der Waals surface area (Å²) in [6.45, 7) is 13.9. The van der Waals surface area contributed by atoms with Crippen LogP contribution in [0.15, 0.2) is 0 Å². The molecule has 2 atom stereocenters. The third-order valence-corrected chi connectivity index (χ3v) is 4.62. The van der Waals surface area contributed by atoms with Crippen molar-refractivity contribution in [2.45, 2.75) is 72.0 Å². The molecule has 4 nitrogen and oxygen atoms in total. The standard InChI is InChI=1S/C17H34N2O2/c1-8-21-16(20)17(15-9-10-15,18-13(4)5)11-19(7)14(6)12(2)3/h12-15,18H,8-11H2,1-7H3. The molecule has 0 amide bonds. The number of nitrogens with one attached hydrogen (secondary N) is 1. The molecule has 0 saturated heterocycles. The zero-order valence-corrected chi connectivity index (χ0v) is 14.9. The van der Waals surface area contributed by atoms with Crippen LogP contribution in [0.5, 0.6) is 0 Å². The fraction of sp³-hybridized carbons (Fsp3) is 0.941. The number of carbonyl (C=O) groups is 1. The Morgan fingerprint density at radius 1 is 1.29 bits per heavy atom. The van der Waals surface area contributed by atoms with Gasteiger partial charge in [0.25, 0.3) is 0 Å². The van der Waals surface area contributed by atoms with E-state index in [2.05, 4.69) is 51.9 Å². The predicted octanol–water partition coefficient (Wildman–Crippen LogP) is 2.67. The van der Waals surface area contributed by atoms with Crippen LogP contribution in [-0.4, -0.2) is 48.7 Å². The Morgan fingerprint density at radius 2 is 1.86 bits per heavy atom. The second kappa shape index (κ2) is 7.59. The van der Waals surface area contributed by atoms with Gasteiger partial charge in [0.2, 0.25) is 0 Å². The normalized spacial score (nSPS) is 19.9. The van der Waals surface area contributed by atoms with Crippen molar-refractivity contribution >= 4 is 5.97 Å². The molecule has 1 fully saturated rings. The monoisotopic (exact) mass is 298 g/mol. The predicted molar refractivity (Wildman–Crippen MR) is 87.3 cm³/mol. The largest absolute Gasteiger partial charge is 0.465 e. The number of hydrogen-bond donors (Lipinski definition) is 1. The van der Waals surface area contributed by atoms with Crippen molar-refractivity contribution in [1.82, 2.24) is 10.2 Å². The first-order valence-electron chi connectivity index (χ1n) is 8.39. The van der Waals surface area contributed by atoms with Crippen molar-refractivity contribution in [3.63, 3.8) is 0 Å². The van der Waals surface area contributed by atoms with Crippen LogP contribution < -0.4 is 5.32 Å². The van der Waals surface area contributed by atoms with Crippen molar-refractivity contribution in [3.8, 4) is 0 Å². The second-order valence-corrected chi connectivity index (χ2v) is 7.16. The molecule has 1 aliphatic rings. The minimum absolute atomic E-state index is 0.0796. The molecule has 21 heavy (non-hydrogen) atoms. The van der Waals surface area contributed by atoms with Gasteiger partial charge in [-0.05, 0) is 59.4 Å². The van der Waals surface area contributed by atoms with Gasteiger partial charge in [0.1, 0.15) is 5.54 Å². The maximum Gasteiger partial charge on any atom is 0.327 e. The van der Waals surface area contributed by atoms with E-state index in [0.717, 1.165) is 12.8 Å². The highest BCUT2D eigenvalue weighted by molar-refractivity contribution is 5.82. The van der Waals surface area contributed by atoms with E-state index < -0.39 is 5.54 Å². The molecular formula is C17H34N2O2. The van der Waals surface area contributed by atoms with Crippen LogP contribution in [0.4, 0.5) is 0 Å². The highest BCUT2D eigenvalue weighted by Gasteiger charge is 2.53. The van der Waals surface area contributed by atoms with Gasteiger partial charge in [-0.1, -0.05) is 13.8 Å². The van der Waals surface area contributed by atoms with Crippen LogP contribution in [0.3, 0.4) is 0 Å². The average molecular weight is 298 g/mol. The second-order valence-electron chi connectivity index (χ2n) is 7.16.